The lowest BCUT2D eigenvalue weighted by atomic mass is 9.74. The topological polar surface area (TPSA) is 56.3 Å². The molecule has 1 aliphatic heterocycles. The van der Waals surface area contributed by atoms with Crippen LogP contribution in [0, 0.1) is 11.3 Å². The highest BCUT2D eigenvalue weighted by Crippen LogP contribution is 2.34. The van der Waals surface area contributed by atoms with Crippen LogP contribution in [0.5, 0.6) is 0 Å². The Balaban J connectivity index is 1.08. The van der Waals surface area contributed by atoms with E-state index >= 15 is 0 Å². The van der Waals surface area contributed by atoms with Crippen LogP contribution in [0.1, 0.15) is 48.6 Å². The number of piperidine rings is 1. The number of hydrogen-bond acceptors (Lipinski definition) is 5. The third-order valence-corrected chi connectivity index (χ3v) is 8.06. The van der Waals surface area contributed by atoms with Crippen molar-refractivity contribution in [3.63, 3.8) is 0 Å². The fourth-order valence-corrected chi connectivity index (χ4v) is 5.51. The molecule has 1 saturated heterocycles. The second-order valence-electron chi connectivity index (χ2n) is 10.7. The molecule has 5 heteroatoms. The standard InChI is InChI=1S/C35H38N4O/c1-2-38(22-9-23-39-24-20-35(28-36,21-25-39)32-12-7-4-8-13-32)27-33-26-34(37-40-33)31-18-16-30(17-19-31)15-14-29-10-5-3-6-11-29/h3-8,10-19,26H,2,9,20-25,27H2,1H3. The molecule has 1 aromatic heterocycles. The monoisotopic (exact) mass is 530 g/mol. The molecule has 5 rings (SSSR count). The van der Waals surface area contributed by atoms with Crippen LogP contribution in [0.4, 0.5) is 0 Å². The average Bonchev–Trinajstić information content (AvgIpc) is 3.49. The lowest BCUT2D eigenvalue weighted by molar-refractivity contribution is 0.168. The van der Waals surface area contributed by atoms with Gasteiger partial charge in [-0.05, 0) is 68.7 Å². The quantitative estimate of drug-likeness (QED) is 0.191. The van der Waals surface area contributed by atoms with Crippen molar-refractivity contribution in [2.45, 2.75) is 38.1 Å². The van der Waals surface area contributed by atoms with Gasteiger partial charge in [-0.1, -0.05) is 109 Å². The van der Waals surface area contributed by atoms with Crippen molar-refractivity contribution in [3.8, 4) is 17.3 Å². The summed E-state index contributed by atoms with van der Waals surface area (Å²) in [6.07, 6.45) is 7.14. The summed E-state index contributed by atoms with van der Waals surface area (Å²) in [6, 6.07) is 33.8. The van der Waals surface area contributed by atoms with Gasteiger partial charge in [-0.3, -0.25) is 4.90 Å². The zero-order valence-corrected chi connectivity index (χ0v) is 23.4. The Hall–Kier alpha value is -3.98. The van der Waals surface area contributed by atoms with Gasteiger partial charge in [0.2, 0.25) is 0 Å². The van der Waals surface area contributed by atoms with Crippen molar-refractivity contribution in [1.82, 2.24) is 15.0 Å². The average molecular weight is 531 g/mol. The van der Waals surface area contributed by atoms with E-state index in [4.69, 9.17) is 4.52 Å². The van der Waals surface area contributed by atoms with Gasteiger partial charge in [0.1, 0.15) is 5.69 Å². The van der Waals surface area contributed by atoms with Crippen molar-refractivity contribution in [2.75, 3.05) is 32.7 Å². The molecule has 5 nitrogen and oxygen atoms in total. The molecule has 3 aromatic carbocycles. The minimum Gasteiger partial charge on any atom is -0.359 e. The minimum atomic E-state index is -0.337. The van der Waals surface area contributed by atoms with Crippen molar-refractivity contribution in [1.29, 1.82) is 5.26 Å². The molecule has 0 radical (unpaired) electrons. The van der Waals surface area contributed by atoms with Crippen molar-refractivity contribution >= 4 is 12.2 Å². The van der Waals surface area contributed by atoms with Gasteiger partial charge in [0.15, 0.2) is 5.76 Å². The van der Waals surface area contributed by atoms with E-state index < -0.39 is 0 Å². The van der Waals surface area contributed by atoms with Gasteiger partial charge in [-0.25, -0.2) is 0 Å². The summed E-state index contributed by atoms with van der Waals surface area (Å²) in [5, 5.41) is 14.3. The molecule has 1 aliphatic rings. The van der Waals surface area contributed by atoms with Crippen LogP contribution >= 0.6 is 0 Å². The minimum absolute atomic E-state index is 0.337. The first-order chi connectivity index (χ1) is 19.7. The number of nitrogens with zero attached hydrogens (tertiary/aromatic N) is 4. The molecule has 0 atom stereocenters. The predicted octanol–water partition coefficient (Wildman–Crippen LogP) is 7.28. The number of hydrogen-bond donors (Lipinski definition) is 0. The highest BCUT2D eigenvalue weighted by molar-refractivity contribution is 5.71. The second-order valence-corrected chi connectivity index (χ2v) is 10.7. The van der Waals surface area contributed by atoms with Gasteiger partial charge in [-0.15, -0.1) is 0 Å². The molecule has 2 heterocycles. The number of benzene rings is 3. The highest BCUT2D eigenvalue weighted by Gasteiger charge is 2.36. The Morgan fingerprint density at radius 3 is 2.23 bits per heavy atom. The third kappa shape index (κ3) is 6.96. The maximum Gasteiger partial charge on any atom is 0.151 e. The number of aromatic nitrogens is 1. The van der Waals surface area contributed by atoms with Crippen LogP contribution in [0.2, 0.25) is 0 Å². The zero-order chi connectivity index (χ0) is 27.6. The molecular formula is C35H38N4O. The Labute approximate surface area is 238 Å². The molecule has 40 heavy (non-hydrogen) atoms. The van der Waals surface area contributed by atoms with E-state index in [9.17, 15) is 5.26 Å². The Bertz CT molecular complexity index is 1400. The van der Waals surface area contributed by atoms with Crippen LogP contribution in [-0.2, 0) is 12.0 Å². The second kappa shape index (κ2) is 13.4. The summed E-state index contributed by atoms with van der Waals surface area (Å²) in [5.41, 5.74) is 5.10. The Morgan fingerprint density at radius 1 is 0.925 bits per heavy atom. The van der Waals surface area contributed by atoms with Gasteiger partial charge in [0.25, 0.3) is 0 Å². The maximum absolute atomic E-state index is 9.96. The van der Waals surface area contributed by atoms with Gasteiger partial charge in [0.05, 0.1) is 18.0 Å². The first kappa shape index (κ1) is 27.6. The van der Waals surface area contributed by atoms with Gasteiger partial charge in [-0.2, -0.15) is 5.26 Å². The van der Waals surface area contributed by atoms with Gasteiger partial charge >= 0.3 is 0 Å². The SMILES string of the molecule is CCN(CCCN1CCC(C#N)(c2ccccc2)CC1)Cc1cc(-c2ccc(C=Cc3ccccc3)cc2)no1. The van der Waals surface area contributed by atoms with E-state index in [1.54, 1.807) is 0 Å². The molecule has 204 valence electrons. The molecule has 0 amide bonds. The van der Waals surface area contributed by atoms with E-state index in [-0.39, 0.29) is 5.41 Å². The summed E-state index contributed by atoms with van der Waals surface area (Å²) < 4.78 is 5.71. The summed E-state index contributed by atoms with van der Waals surface area (Å²) in [4.78, 5) is 4.92. The zero-order valence-electron chi connectivity index (χ0n) is 23.4. The van der Waals surface area contributed by atoms with Gasteiger partial charge < -0.3 is 9.42 Å². The highest BCUT2D eigenvalue weighted by atomic mass is 16.5. The van der Waals surface area contributed by atoms with Gasteiger partial charge in [0, 0.05) is 11.6 Å². The summed E-state index contributed by atoms with van der Waals surface area (Å²) >= 11 is 0. The van der Waals surface area contributed by atoms with Crippen LogP contribution in [-0.4, -0.2) is 47.7 Å². The summed E-state index contributed by atoms with van der Waals surface area (Å²) in [6.45, 7) is 7.92. The molecule has 0 N–H and O–H groups in total. The maximum atomic E-state index is 9.96. The fraction of sp³-hybridized carbons (Fsp3) is 0.314. The lowest BCUT2D eigenvalue weighted by Gasteiger charge is -2.37. The molecule has 0 bridgehead atoms. The lowest BCUT2D eigenvalue weighted by Crippen LogP contribution is -2.42. The largest absolute Gasteiger partial charge is 0.359 e. The Kier molecular flexibility index (Phi) is 9.23. The number of rotatable bonds is 11. The fourth-order valence-electron chi connectivity index (χ4n) is 5.51. The first-order valence-electron chi connectivity index (χ1n) is 14.4. The van der Waals surface area contributed by atoms with E-state index in [1.807, 2.05) is 36.4 Å². The molecule has 1 fully saturated rings. The van der Waals surface area contributed by atoms with E-state index in [0.29, 0.717) is 0 Å². The van der Waals surface area contributed by atoms with Crippen LogP contribution < -0.4 is 0 Å². The Morgan fingerprint density at radius 2 is 1.57 bits per heavy atom. The van der Waals surface area contributed by atoms with Crippen LogP contribution in [0.3, 0.4) is 0 Å². The molecule has 0 spiro atoms. The first-order valence-corrected chi connectivity index (χ1v) is 14.4. The van der Waals surface area contributed by atoms with E-state index in [1.165, 1.54) is 5.56 Å². The molecule has 0 unspecified atom stereocenters. The molecule has 0 saturated carbocycles. The van der Waals surface area contributed by atoms with Crippen LogP contribution in [0.15, 0.2) is 95.5 Å². The summed E-state index contributed by atoms with van der Waals surface area (Å²) in [5.74, 6) is 0.893. The normalized spacial score (nSPS) is 15.4. The van der Waals surface area contributed by atoms with E-state index in [2.05, 4.69) is 94.7 Å². The van der Waals surface area contributed by atoms with Crippen molar-refractivity contribution in [2.24, 2.45) is 0 Å². The number of likely N-dealkylation sites (tertiary alicyclic amines) is 1. The van der Waals surface area contributed by atoms with Crippen LogP contribution in [0.25, 0.3) is 23.4 Å². The predicted molar refractivity (Wildman–Crippen MR) is 162 cm³/mol. The molecule has 0 aliphatic carbocycles. The summed E-state index contributed by atoms with van der Waals surface area (Å²) in [7, 11) is 0. The van der Waals surface area contributed by atoms with Crippen molar-refractivity contribution < 1.29 is 4.52 Å². The molecule has 4 aromatic rings. The van der Waals surface area contributed by atoms with Crippen molar-refractivity contribution in [3.05, 3.63) is 113 Å². The van der Waals surface area contributed by atoms with E-state index in [0.717, 1.165) is 86.7 Å². The smallest absolute Gasteiger partial charge is 0.151 e. The third-order valence-electron chi connectivity index (χ3n) is 8.06. The number of nitriles is 1. The molecular weight excluding hydrogens is 492 g/mol.